The summed E-state index contributed by atoms with van der Waals surface area (Å²) in [7, 11) is -1.28. The molecule has 5 atom stereocenters. The summed E-state index contributed by atoms with van der Waals surface area (Å²) in [5.74, 6) is -1.48. The molecule has 1 saturated heterocycles. The minimum atomic E-state index is -4.35. The van der Waals surface area contributed by atoms with Crippen LogP contribution in [0.15, 0.2) is 115 Å². The molecule has 1 aromatic heterocycles. The van der Waals surface area contributed by atoms with E-state index in [4.69, 9.17) is 20.9 Å². The molecule has 18 heteroatoms. The summed E-state index contributed by atoms with van der Waals surface area (Å²) in [5, 5.41) is 8.53. The minimum Gasteiger partial charge on any atom is -0.497 e. The first-order valence-corrected chi connectivity index (χ1v) is 22.6. The van der Waals surface area contributed by atoms with Gasteiger partial charge in [-0.05, 0) is 43.2 Å². The van der Waals surface area contributed by atoms with E-state index < -0.39 is 75.7 Å². The topological polar surface area (TPSA) is 223 Å². The Morgan fingerprint density at radius 1 is 1.02 bits per heavy atom. The van der Waals surface area contributed by atoms with Gasteiger partial charge in [-0.15, -0.1) is 13.0 Å². The molecule has 4 N–H and O–H groups in total. The number of pyridine rings is 1. The number of aromatic nitrogens is 1. The van der Waals surface area contributed by atoms with Gasteiger partial charge in [0.05, 0.1) is 36.3 Å². The standard InChI is InChI=1S/C48H51N7O10S/c1-6-24-54(4)44(58)21-15-20-43(57)51-39(29-49-42(56)8-3)46(60)55-30-34(65-41-27-37(31-16-11-9-12-17-31)50-38-25-33(64-5)22-23-36(38)41)26-40(55)45(59)52-48(28-32(48)7-2)47(61)53-66(62,63)35-18-13-10-14-19-35/h1,7-14,16-19,22-23,25,27,32,34,39-40H,2-3,15,20-21,24,26,28-30H2,4-5H3,(H,49,56)(H,51,57)(H,52,59)(H,53,61)/t32-,34-,39+,40+,48-/m1/s1. The van der Waals surface area contributed by atoms with Crippen LogP contribution < -0.4 is 30.1 Å². The van der Waals surface area contributed by atoms with Crippen LogP contribution in [0.3, 0.4) is 0 Å². The third kappa shape index (κ3) is 11.2. The third-order valence-electron chi connectivity index (χ3n) is 11.4. The summed E-state index contributed by atoms with van der Waals surface area (Å²) in [6.07, 6.45) is 6.71. The van der Waals surface area contributed by atoms with Crippen LogP contribution in [-0.4, -0.2) is 116 Å². The lowest BCUT2D eigenvalue weighted by atomic mass is 10.1. The number of ether oxygens (including phenoxy) is 2. The monoisotopic (exact) mass is 917 g/mol. The Labute approximate surface area is 383 Å². The summed E-state index contributed by atoms with van der Waals surface area (Å²) in [6.45, 7) is 6.71. The molecule has 17 nitrogen and oxygen atoms in total. The van der Waals surface area contributed by atoms with Gasteiger partial charge < -0.3 is 35.2 Å². The van der Waals surface area contributed by atoms with Crippen LogP contribution in [0.1, 0.15) is 32.1 Å². The maximum absolute atomic E-state index is 14.8. The molecule has 2 heterocycles. The highest BCUT2D eigenvalue weighted by Crippen LogP contribution is 2.45. The zero-order valence-corrected chi connectivity index (χ0v) is 37.3. The van der Waals surface area contributed by atoms with E-state index >= 15 is 0 Å². The summed E-state index contributed by atoms with van der Waals surface area (Å²) >= 11 is 0. The summed E-state index contributed by atoms with van der Waals surface area (Å²) < 4.78 is 40.7. The van der Waals surface area contributed by atoms with E-state index in [1.54, 1.807) is 30.3 Å². The van der Waals surface area contributed by atoms with Gasteiger partial charge in [-0.1, -0.05) is 67.1 Å². The number of carbonyl (C=O) groups excluding carboxylic acids is 6. The number of fused-ring (bicyclic) bond motifs is 1. The van der Waals surface area contributed by atoms with Gasteiger partial charge in [0.1, 0.15) is 35.2 Å². The number of hydrogen-bond acceptors (Lipinski definition) is 11. The van der Waals surface area contributed by atoms with Crippen molar-refractivity contribution in [2.45, 2.75) is 60.7 Å². The molecule has 4 aromatic rings. The van der Waals surface area contributed by atoms with Crippen molar-refractivity contribution in [3.8, 4) is 35.1 Å². The lowest BCUT2D eigenvalue weighted by molar-refractivity contribution is -0.142. The van der Waals surface area contributed by atoms with Crippen LogP contribution >= 0.6 is 0 Å². The highest BCUT2D eigenvalue weighted by Gasteiger charge is 2.61. The van der Waals surface area contributed by atoms with Gasteiger partial charge in [0.25, 0.3) is 15.9 Å². The second kappa shape index (κ2) is 21.0. The van der Waals surface area contributed by atoms with Crippen LogP contribution in [0.25, 0.3) is 22.2 Å². The molecule has 1 aliphatic heterocycles. The smallest absolute Gasteiger partial charge is 0.264 e. The molecule has 66 heavy (non-hydrogen) atoms. The van der Waals surface area contributed by atoms with Gasteiger partial charge in [-0.25, -0.2) is 18.1 Å². The maximum atomic E-state index is 14.8. The Bertz CT molecular complexity index is 2670. The molecule has 0 radical (unpaired) electrons. The van der Waals surface area contributed by atoms with Crippen LogP contribution in [0.2, 0.25) is 0 Å². The van der Waals surface area contributed by atoms with Crippen LogP contribution in [0.4, 0.5) is 0 Å². The van der Waals surface area contributed by atoms with E-state index in [1.165, 1.54) is 54.3 Å². The Kier molecular flexibility index (Phi) is 15.2. The Hall–Kier alpha value is -7.52. The second-order valence-corrected chi connectivity index (χ2v) is 17.6. The lowest BCUT2D eigenvalue weighted by Gasteiger charge is -2.30. The van der Waals surface area contributed by atoms with Gasteiger partial charge in [-0.3, -0.25) is 28.8 Å². The van der Waals surface area contributed by atoms with Crippen molar-refractivity contribution < 1.29 is 46.7 Å². The molecule has 0 spiro atoms. The SMILES string of the molecule is C#CCN(C)C(=O)CCCC(=O)N[C@@H](CNC(=O)C=C)C(=O)N1C[C@H](Oc2cc(-c3ccccc3)nc3cc(OC)ccc23)C[C@H]1C(=O)N[C@]1(C(=O)NS(=O)(=O)c2ccccc2)C[C@H]1C=C. The predicted molar refractivity (Wildman–Crippen MR) is 245 cm³/mol. The van der Waals surface area contributed by atoms with Crippen LogP contribution in [-0.2, 0) is 38.8 Å². The number of rotatable bonds is 20. The number of sulfonamides is 1. The van der Waals surface area contributed by atoms with Crippen molar-refractivity contribution in [3.63, 3.8) is 0 Å². The van der Waals surface area contributed by atoms with E-state index in [2.05, 4.69) is 39.8 Å². The molecule has 2 fully saturated rings. The first-order chi connectivity index (χ1) is 31.6. The van der Waals surface area contributed by atoms with Gasteiger partial charge in [0.2, 0.25) is 29.5 Å². The molecule has 6 amide bonds. The third-order valence-corrected chi connectivity index (χ3v) is 12.7. The molecular weight excluding hydrogens is 867 g/mol. The number of carbonyl (C=O) groups is 6. The van der Waals surface area contributed by atoms with Crippen molar-refractivity contribution >= 4 is 56.4 Å². The van der Waals surface area contributed by atoms with Crippen molar-refractivity contribution in [1.29, 1.82) is 0 Å². The number of methoxy groups -OCH3 is 1. The number of nitrogens with one attached hydrogen (secondary N) is 4. The van der Waals surface area contributed by atoms with Crippen molar-refractivity contribution in [2.24, 2.45) is 5.92 Å². The number of terminal acetylenes is 1. The molecule has 6 rings (SSSR count). The molecule has 1 saturated carbocycles. The van der Waals surface area contributed by atoms with Crippen molar-refractivity contribution in [2.75, 3.05) is 33.8 Å². The first kappa shape index (κ1) is 47.9. The Balaban J connectivity index is 1.32. The van der Waals surface area contributed by atoms with Gasteiger partial charge in [0.15, 0.2) is 0 Å². The van der Waals surface area contributed by atoms with E-state index in [-0.39, 0.29) is 56.0 Å². The molecule has 2 aliphatic rings. The fraction of sp³-hybridized carbons (Fsp3) is 0.312. The maximum Gasteiger partial charge on any atom is 0.264 e. The van der Waals surface area contributed by atoms with Gasteiger partial charge in [-0.2, -0.15) is 0 Å². The predicted octanol–water partition coefficient (Wildman–Crippen LogP) is 2.87. The van der Waals surface area contributed by atoms with Gasteiger partial charge in [0, 0.05) is 61.9 Å². The zero-order chi connectivity index (χ0) is 47.6. The molecule has 1 aliphatic carbocycles. The lowest BCUT2D eigenvalue weighted by Crippen LogP contribution is -2.59. The molecular formula is C48H51N7O10S. The molecule has 344 valence electrons. The van der Waals surface area contributed by atoms with Crippen LogP contribution in [0, 0.1) is 18.3 Å². The average molecular weight is 918 g/mol. The molecule has 3 aromatic carbocycles. The normalized spacial score (nSPS) is 19.0. The van der Waals surface area contributed by atoms with Crippen LogP contribution in [0.5, 0.6) is 11.5 Å². The zero-order valence-electron chi connectivity index (χ0n) is 36.5. The quantitative estimate of drug-likeness (QED) is 0.0574. The highest BCUT2D eigenvalue weighted by molar-refractivity contribution is 7.90. The van der Waals surface area contributed by atoms with E-state index in [0.29, 0.717) is 28.1 Å². The number of benzene rings is 3. The molecule has 0 bridgehead atoms. The minimum absolute atomic E-state index is 0.000930. The number of hydrogen-bond donors (Lipinski definition) is 4. The number of likely N-dealkylation sites (tertiary alicyclic amines) is 1. The summed E-state index contributed by atoms with van der Waals surface area (Å²) in [5.41, 5.74) is 0.157. The molecule has 0 unspecified atom stereocenters. The van der Waals surface area contributed by atoms with E-state index in [0.717, 1.165) is 11.6 Å². The second-order valence-electron chi connectivity index (χ2n) is 15.9. The fourth-order valence-corrected chi connectivity index (χ4v) is 8.74. The van der Waals surface area contributed by atoms with Crippen molar-refractivity contribution in [1.82, 2.24) is 35.5 Å². The largest absolute Gasteiger partial charge is 0.497 e. The van der Waals surface area contributed by atoms with Gasteiger partial charge >= 0.3 is 0 Å². The highest BCUT2D eigenvalue weighted by atomic mass is 32.2. The summed E-state index contributed by atoms with van der Waals surface area (Å²) in [6, 6.07) is 20.9. The number of nitrogens with zero attached hydrogens (tertiary/aromatic N) is 3. The fourth-order valence-electron chi connectivity index (χ4n) is 7.68. The van der Waals surface area contributed by atoms with E-state index in [1.807, 2.05) is 30.3 Å². The summed E-state index contributed by atoms with van der Waals surface area (Å²) in [4.78, 5) is 88.7. The average Bonchev–Trinajstić information content (AvgIpc) is 3.88. The first-order valence-electron chi connectivity index (χ1n) is 21.1. The Morgan fingerprint density at radius 3 is 2.38 bits per heavy atom. The van der Waals surface area contributed by atoms with Crippen molar-refractivity contribution in [3.05, 3.63) is 110 Å². The number of amides is 6. The Morgan fingerprint density at radius 2 is 1.73 bits per heavy atom. The van der Waals surface area contributed by atoms with E-state index in [9.17, 15) is 37.2 Å².